The first kappa shape index (κ1) is 12.9. The van der Waals surface area contributed by atoms with Crippen LogP contribution in [0.2, 0.25) is 5.15 Å². The minimum Gasteiger partial charge on any atom is -0.302 e. The van der Waals surface area contributed by atoms with E-state index in [9.17, 15) is 8.42 Å². The van der Waals surface area contributed by atoms with Gasteiger partial charge in [0.2, 0.25) is 0 Å². The molecule has 0 aromatic carbocycles. The number of halogens is 1. The summed E-state index contributed by atoms with van der Waals surface area (Å²) >= 11 is 6.16. The highest BCUT2D eigenvalue weighted by atomic mass is 35.5. The monoisotopic (exact) mass is 298 g/mol. The maximum Gasteiger partial charge on any atom is 0.155 e. The van der Waals surface area contributed by atoms with Crippen LogP contribution in [-0.4, -0.2) is 29.3 Å². The van der Waals surface area contributed by atoms with Gasteiger partial charge in [0.15, 0.2) is 5.15 Å². The SMILES string of the molecule is Cc1ccc2c(Cl)nc(C3CCS(=O)(=O)CC3)n2c1. The number of nitrogens with zero attached hydrogens (tertiary/aromatic N) is 2. The van der Waals surface area contributed by atoms with Crippen LogP contribution in [0.15, 0.2) is 18.3 Å². The van der Waals surface area contributed by atoms with Crippen LogP contribution in [0.1, 0.15) is 30.1 Å². The summed E-state index contributed by atoms with van der Waals surface area (Å²) in [6.07, 6.45) is 3.27. The summed E-state index contributed by atoms with van der Waals surface area (Å²) in [6, 6.07) is 3.95. The molecule has 0 N–H and O–H groups in total. The van der Waals surface area contributed by atoms with Crippen LogP contribution in [0.3, 0.4) is 0 Å². The van der Waals surface area contributed by atoms with Crippen LogP contribution in [-0.2, 0) is 9.84 Å². The lowest BCUT2D eigenvalue weighted by Gasteiger charge is -2.20. The Morgan fingerprint density at radius 2 is 2.00 bits per heavy atom. The predicted octanol–water partition coefficient (Wildman–Crippen LogP) is 2.59. The summed E-state index contributed by atoms with van der Waals surface area (Å²) in [5.74, 6) is 1.55. The zero-order valence-electron chi connectivity index (χ0n) is 10.6. The highest BCUT2D eigenvalue weighted by molar-refractivity contribution is 7.91. The Morgan fingerprint density at radius 3 is 2.68 bits per heavy atom. The molecular formula is C13H15ClN2O2S. The van der Waals surface area contributed by atoms with Crippen molar-refractivity contribution in [3.8, 4) is 0 Å². The van der Waals surface area contributed by atoms with Gasteiger partial charge in [0.25, 0.3) is 0 Å². The second-order valence-corrected chi connectivity index (χ2v) is 7.81. The molecule has 0 unspecified atom stereocenters. The summed E-state index contributed by atoms with van der Waals surface area (Å²) in [7, 11) is -2.85. The van der Waals surface area contributed by atoms with Gasteiger partial charge in [0.05, 0.1) is 17.0 Å². The molecule has 1 aliphatic heterocycles. The van der Waals surface area contributed by atoms with Crippen molar-refractivity contribution in [2.24, 2.45) is 0 Å². The number of imidazole rings is 1. The van der Waals surface area contributed by atoms with Crippen molar-refractivity contribution in [3.05, 3.63) is 34.9 Å². The van der Waals surface area contributed by atoms with E-state index in [1.165, 1.54) is 0 Å². The molecule has 0 bridgehead atoms. The quantitative estimate of drug-likeness (QED) is 0.813. The lowest BCUT2D eigenvalue weighted by molar-refractivity contribution is 0.536. The predicted molar refractivity (Wildman–Crippen MR) is 75.6 cm³/mol. The maximum absolute atomic E-state index is 11.5. The lowest BCUT2D eigenvalue weighted by atomic mass is 10.0. The molecule has 3 rings (SSSR count). The van der Waals surface area contributed by atoms with Crippen molar-refractivity contribution >= 4 is 27.0 Å². The van der Waals surface area contributed by atoms with Gasteiger partial charge >= 0.3 is 0 Å². The summed E-state index contributed by atoms with van der Waals surface area (Å²) < 4.78 is 25.0. The molecule has 102 valence electrons. The van der Waals surface area contributed by atoms with E-state index >= 15 is 0 Å². The van der Waals surface area contributed by atoms with E-state index in [4.69, 9.17) is 11.6 Å². The first-order valence-electron chi connectivity index (χ1n) is 6.31. The van der Waals surface area contributed by atoms with Gasteiger partial charge < -0.3 is 4.40 Å². The summed E-state index contributed by atoms with van der Waals surface area (Å²) in [5.41, 5.74) is 2.02. The molecule has 0 atom stereocenters. The highest BCUT2D eigenvalue weighted by Gasteiger charge is 2.28. The zero-order valence-corrected chi connectivity index (χ0v) is 12.2. The second-order valence-electron chi connectivity index (χ2n) is 5.15. The maximum atomic E-state index is 11.5. The fraction of sp³-hybridized carbons (Fsp3) is 0.462. The van der Waals surface area contributed by atoms with Crippen LogP contribution in [0.25, 0.3) is 5.52 Å². The van der Waals surface area contributed by atoms with E-state index in [1.807, 2.05) is 29.7 Å². The molecule has 2 aromatic heterocycles. The number of fused-ring (bicyclic) bond motifs is 1. The smallest absolute Gasteiger partial charge is 0.155 e. The van der Waals surface area contributed by atoms with Gasteiger partial charge in [-0.05, 0) is 31.4 Å². The number of sulfone groups is 1. The molecule has 0 aliphatic carbocycles. The number of hydrogen-bond donors (Lipinski definition) is 0. The molecule has 3 heterocycles. The molecule has 4 nitrogen and oxygen atoms in total. The molecule has 0 radical (unpaired) electrons. The Hall–Kier alpha value is -1.07. The van der Waals surface area contributed by atoms with Gasteiger partial charge in [0.1, 0.15) is 15.7 Å². The Labute approximate surface area is 117 Å². The molecule has 1 aliphatic rings. The fourth-order valence-corrected chi connectivity index (χ4v) is 4.34. The average molecular weight is 299 g/mol. The third-order valence-electron chi connectivity index (χ3n) is 3.69. The van der Waals surface area contributed by atoms with Crippen LogP contribution in [0, 0.1) is 6.92 Å². The van der Waals surface area contributed by atoms with E-state index in [2.05, 4.69) is 4.98 Å². The third kappa shape index (κ3) is 2.37. The van der Waals surface area contributed by atoms with Gasteiger partial charge in [-0.3, -0.25) is 0 Å². The largest absolute Gasteiger partial charge is 0.302 e. The molecule has 0 amide bonds. The van der Waals surface area contributed by atoms with Crippen molar-refractivity contribution in [2.75, 3.05) is 11.5 Å². The fourth-order valence-electron chi connectivity index (χ4n) is 2.61. The second kappa shape index (κ2) is 4.49. The van der Waals surface area contributed by atoms with Crippen LogP contribution < -0.4 is 0 Å². The van der Waals surface area contributed by atoms with Crippen molar-refractivity contribution < 1.29 is 8.42 Å². The molecule has 0 spiro atoms. The van der Waals surface area contributed by atoms with E-state index in [-0.39, 0.29) is 17.4 Å². The standard InChI is InChI=1S/C13H15ClN2O2S/c1-9-2-3-11-12(14)15-13(16(11)8-9)10-4-6-19(17,18)7-5-10/h2-3,8,10H,4-7H2,1H3. The minimum absolute atomic E-state index is 0.172. The molecule has 1 fully saturated rings. The first-order valence-corrected chi connectivity index (χ1v) is 8.51. The zero-order chi connectivity index (χ0) is 13.6. The summed E-state index contributed by atoms with van der Waals surface area (Å²) in [4.78, 5) is 4.44. The van der Waals surface area contributed by atoms with Crippen molar-refractivity contribution in [1.82, 2.24) is 9.38 Å². The topological polar surface area (TPSA) is 51.4 Å². The van der Waals surface area contributed by atoms with Crippen molar-refractivity contribution in [2.45, 2.75) is 25.7 Å². The average Bonchev–Trinajstić information content (AvgIpc) is 2.66. The molecular weight excluding hydrogens is 284 g/mol. The van der Waals surface area contributed by atoms with E-state index in [0.29, 0.717) is 18.0 Å². The van der Waals surface area contributed by atoms with Crippen LogP contribution in [0.5, 0.6) is 0 Å². The van der Waals surface area contributed by atoms with E-state index in [0.717, 1.165) is 16.9 Å². The van der Waals surface area contributed by atoms with E-state index < -0.39 is 9.84 Å². The summed E-state index contributed by atoms with van der Waals surface area (Å²) in [6.45, 7) is 2.02. The van der Waals surface area contributed by atoms with Crippen molar-refractivity contribution in [1.29, 1.82) is 0 Å². The molecule has 2 aromatic rings. The Morgan fingerprint density at radius 1 is 1.32 bits per heavy atom. The van der Waals surface area contributed by atoms with E-state index in [1.54, 1.807) is 0 Å². The van der Waals surface area contributed by atoms with Gasteiger partial charge in [-0.15, -0.1) is 0 Å². The molecule has 1 saturated heterocycles. The normalized spacial score (nSPS) is 19.9. The minimum atomic E-state index is -2.85. The number of pyridine rings is 1. The Kier molecular flexibility index (Phi) is 3.06. The lowest BCUT2D eigenvalue weighted by Crippen LogP contribution is -2.23. The van der Waals surface area contributed by atoms with Crippen LogP contribution >= 0.6 is 11.6 Å². The molecule has 6 heteroatoms. The van der Waals surface area contributed by atoms with Gasteiger partial charge in [-0.25, -0.2) is 13.4 Å². The molecule has 19 heavy (non-hydrogen) atoms. The van der Waals surface area contributed by atoms with Gasteiger partial charge in [-0.2, -0.15) is 0 Å². The van der Waals surface area contributed by atoms with Gasteiger partial charge in [-0.1, -0.05) is 17.7 Å². The highest BCUT2D eigenvalue weighted by Crippen LogP contribution is 2.31. The van der Waals surface area contributed by atoms with Crippen molar-refractivity contribution in [3.63, 3.8) is 0 Å². The summed E-state index contributed by atoms with van der Waals surface area (Å²) in [5, 5.41) is 0.489. The number of rotatable bonds is 1. The van der Waals surface area contributed by atoms with Gasteiger partial charge in [0, 0.05) is 12.1 Å². The first-order chi connectivity index (χ1) is 8.96. The number of hydrogen-bond acceptors (Lipinski definition) is 3. The number of aromatic nitrogens is 2. The molecule has 0 saturated carbocycles. The Bertz CT molecular complexity index is 722. The van der Waals surface area contributed by atoms with Crippen LogP contribution in [0.4, 0.5) is 0 Å². The Balaban J connectivity index is 2.04. The third-order valence-corrected chi connectivity index (χ3v) is 5.68. The number of aryl methyl sites for hydroxylation is 1.